The Bertz CT molecular complexity index is 816. The lowest BCUT2D eigenvalue weighted by Gasteiger charge is -2.33. The standard InChI is InChI=1S/C23H27N3O/c1-3-10-19(11-4-1)14-9-16-22-24-23(27-25-22)21-15-7-8-17-26(21)18-20-12-5-2-6-13-20/h1-6,10-13,21H,7-9,14-18H2/t21-/m0/s1. The molecule has 1 aliphatic heterocycles. The maximum absolute atomic E-state index is 5.67. The van der Waals surface area contributed by atoms with Crippen LogP contribution in [0.2, 0.25) is 0 Å². The zero-order chi connectivity index (χ0) is 18.3. The third kappa shape index (κ3) is 4.83. The van der Waals surface area contributed by atoms with Crippen LogP contribution in [0.15, 0.2) is 65.2 Å². The Kier molecular flexibility index (Phi) is 5.95. The van der Waals surface area contributed by atoms with Gasteiger partial charge < -0.3 is 4.52 Å². The molecule has 2 heterocycles. The van der Waals surface area contributed by atoms with E-state index in [1.54, 1.807) is 0 Å². The number of piperidine rings is 1. The van der Waals surface area contributed by atoms with Gasteiger partial charge in [-0.2, -0.15) is 4.98 Å². The molecular weight excluding hydrogens is 334 g/mol. The zero-order valence-electron chi connectivity index (χ0n) is 15.8. The van der Waals surface area contributed by atoms with Crippen LogP contribution in [-0.4, -0.2) is 21.6 Å². The summed E-state index contributed by atoms with van der Waals surface area (Å²) in [5.41, 5.74) is 2.70. The SMILES string of the molecule is c1ccc(CCCc2noc([C@@H]3CCCCN3Cc3ccccc3)n2)cc1. The van der Waals surface area contributed by atoms with Gasteiger partial charge in [-0.1, -0.05) is 72.2 Å². The first-order valence-electron chi connectivity index (χ1n) is 10.0. The summed E-state index contributed by atoms with van der Waals surface area (Å²) < 4.78 is 5.67. The fourth-order valence-electron chi connectivity index (χ4n) is 3.88. The van der Waals surface area contributed by atoms with E-state index in [1.807, 2.05) is 0 Å². The van der Waals surface area contributed by atoms with Gasteiger partial charge in [-0.05, 0) is 43.4 Å². The molecule has 4 heteroatoms. The van der Waals surface area contributed by atoms with Gasteiger partial charge in [0, 0.05) is 13.0 Å². The van der Waals surface area contributed by atoms with Gasteiger partial charge in [0.1, 0.15) is 0 Å². The van der Waals surface area contributed by atoms with E-state index < -0.39 is 0 Å². The highest BCUT2D eigenvalue weighted by atomic mass is 16.5. The first kappa shape index (κ1) is 17.9. The molecule has 0 radical (unpaired) electrons. The summed E-state index contributed by atoms with van der Waals surface area (Å²) in [5.74, 6) is 1.63. The largest absolute Gasteiger partial charge is 0.338 e. The minimum atomic E-state index is 0.245. The van der Waals surface area contributed by atoms with Crippen LogP contribution >= 0.6 is 0 Å². The molecule has 0 unspecified atom stereocenters. The number of nitrogens with zero attached hydrogens (tertiary/aromatic N) is 3. The van der Waals surface area contributed by atoms with Crippen LogP contribution in [0.1, 0.15) is 54.6 Å². The van der Waals surface area contributed by atoms with E-state index in [4.69, 9.17) is 9.51 Å². The van der Waals surface area contributed by atoms with Crippen molar-refractivity contribution in [3.05, 3.63) is 83.5 Å². The summed E-state index contributed by atoms with van der Waals surface area (Å²) in [4.78, 5) is 7.22. The predicted molar refractivity (Wildman–Crippen MR) is 106 cm³/mol. The number of benzene rings is 2. The van der Waals surface area contributed by atoms with Crippen molar-refractivity contribution >= 4 is 0 Å². The molecule has 4 nitrogen and oxygen atoms in total. The van der Waals surface area contributed by atoms with Gasteiger partial charge in [-0.25, -0.2) is 0 Å². The van der Waals surface area contributed by atoms with Crippen molar-refractivity contribution in [3.63, 3.8) is 0 Å². The van der Waals surface area contributed by atoms with Crippen molar-refractivity contribution < 1.29 is 4.52 Å². The lowest BCUT2D eigenvalue weighted by molar-refractivity contribution is 0.111. The molecule has 1 atom stereocenters. The number of hydrogen-bond acceptors (Lipinski definition) is 4. The van der Waals surface area contributed by atoms with Crippen molar-refractivity contribution in [2.24, 2.45) is 0 Å². The quantitative estimate of drug-likeness (QED) is 0.596. The van der Waals surface area contributed by atoms with Crippen molar-refractivity contribution in [3.8, 4) is 0 Å². The molecule has 1 fully saturated rings. The molecule has 140 valence electrons. The lowest BCUT2D eigenvalue weighted by atomic mass is 10.0. The summed E-state index contributed by atoms with van der Waals surface area (Å²) in [5, 5.41) is 4.25. The summed E-state index contributed by atoms with van der Waals surface area (Å²) in [7, 11) is 0. The Morgan fingerprint density at radius 3 is 2.41 bits per heavy atom. The van der Waals surface area contributed by atoms with Crippen LogP contribution in [0.4, 0.5) is 0 Å². The maximum atomic E-state index is 5.67. The fraction of sp³-hybridized carbons (Fsp3) is 0.391. The van der Waals surface area contributed by atoms with E-state index in [0.717, 1.165) is 50.5 Å². The molecule has 3 aromatic rings. The van der Waals surface area contributed by atoms with Crippen molar-refractivity contribution in [1.82, 2.24) is 15.0 Å². The highest BCUT2D eigenvalue weighted by Crippen LogP contribution is 2.31. The molecule has 0 saturated carbocycles. The molecule has 1 saturated heterocycles. The van der Waals surface area contributed by atoms with Crippen molar-refractivity contribution in [2.45, 2.75) is 51.1 Å². The maximum Gasteiger partial charge on any atom is 0.244 e. The summed E-state index contributed by atoms with van der Waals surface area (Å²) in [6.45, 7) is 2.03. The molecule has 0 aliphatic carbocycles. The van der Waals surface area contributed by atoms with Crippen molar-refractivity contribution in [1.29, 1.82) is 0 Å². The number of hydrogen-bond donors (Lipinski definition) is 0. The molecule has 0 amide bonds. The number of aromatic nitrogens is 2. The predicted octanol–water partition coefficient (Wildman–Crippen LogP) is 4.97. The van der Waals surface area contributed by atoms with E-state index >= 15 is 0 Å². The highest BCUT2D eigenvalue weighted by Gasteiger charge is 2.28. The molecular formula is C23H27N3O. The summed E-state index contributed by atoms with van der Waals surface area (Å²) >= 11 is 0. The second-order valence-electron chi connectivity index (χ2n) is 7.36. The first-order valence-corrected chi connectivity index (χ1v) is 10.0. The van der Waals surface area contributed by atoms with Gasteiger partial charge >= 0.3 is 0 Å². The third-order valence-electron chi connectivity index (χ3n) is 5.32. The number of rotatable bonds is 7. The monoisotopic (exact) mass is 361 g/mol. The average Bonchev–Trinajstić information content (AvgIpc) is 3.19. The Labute approximate surface area is 161 Å². The first-order chi connectivity index (χ1) is 13.4. The highest BCUT2D eigenvalue weighted by molar-refractivity contribution is 5.16. The smallest absolute Gasteiger partial charge is 0.244 e. The van der Waals surface area contributed by atoms with Crippen LogP contribution < -0.4 is 0 Å². The van der Waals surface area contributed by atoms with Gasteiger partial charge in [0.05, 0.1) is 6.04 Å². The molecule has 1 aromatic heterocycles. The van der Waals surface area contributed by atoms with E-state index in [2.05, 4.69) is 70.7 Å². The molecule has 0 N–H and O–H groups in total. The van der Waals surface area contributed by atoms with Crippen LogP contribution in [0.25, 0.3) is 0 Å². The van der Waals surface area contributed by atoms with Crippen LogP contribution in [0.5, 0.6) is 0 Å². The molecule has 0 spiro atoms. The normalized spacial score (nSPS) is 17.9. The van der Waals surface area contributed by atoms with E-state index in [1.165, 1.54) is 24.0 Å². The van der Waals surface area contributed by atoms with Crippen molar-refractivity contribution in [2.75, 3.05) is 6.54 Å². The Balaban J connectivity index is 1.37. The number of likely N-dealkylation sites (tertiary alicyclic amines) is 1. The summed E-state index contributed by atoms with van der Waals surface area (Å²) in [6, 6.07) is 21.5. The van der Waals surface area contributed by atoms with Gasteiger partial charge in [-0.15, -0.1) is 0 Å². The summed E-state index contributed by atoms with van der Waals surface area (Å²) in [6.07, 6.45) is 6.51. The van der Waals surface area contributed by atoms with E-state index in [-0.39, 0.29) is 6.04 Å². The Hall–Kier alpha value is -2.46. The second kappa shape index (κ2) is 8.96. The van der Waals surface area contributed by atoms with E-state index in [0.29, 0.717) is 0 Å². The third-order valence-corrected chi connectivity index (χ3v) is 5.32. The minimum Gasteiger partial charge on any atom is -0.338 e. The molecule has 0 bridgehead atoms. The van der Waals surface area contributed by atoms with Crippen LogP contribution in [0, 0.1) is 0 Å². The molecule has 2 aromatic carbocycles. The van der Waals surface area contributed by atoms with E-state index in [9.17, 15) is 0 Å². The van der Waals surface area contributed by atoms with Gasteiger partial charge in [-0.3, -0.25) is 4.90 Å². The molecule has 27 heavy (non-hydrogen) atoms. The average molecular weight is 361 g/mol. The zero-order valence-corrected chi connectivity index (χ0v) is 15.8. The Morgan fingerprint density at radius 1 is 0.889 bits per heavy atom. The minimum absolute atomic E-state index is 0.245. The van der Waals surface area contributed by atoms with Gasteiger partial charge in [0.15, 0.2) is 5.82 Å². The van der Waals surface area contributed by atoms with Crippen LogP contribution in [-0.2, 0) is 19.4 Å². The lowest BCUT2D eigenvalue weighted by Crippen LogP contribution is -2.33. The molecule has 1 aliphatic rings. The fourth-order valence-corrected chi connectivity index (χ4v) is 3.88. The Morgan fingerprint density at radius 2 is 1.63 bits per heavy atom. The van der Waals surface area contributed by atoms with Crippen LogP contribution in [0.3, 0.4) is 0 Å². The molecule has 4 rings (SSSR count). The topological polar surface area (TPSA) is 42.2 Å². The second-order valence-corrected chi connectivity index (χ2v) is 7.36. The number of aryl methyl sites for hydroxylation is 2. The van der Waals surface area contributed by atoms with Gasteiger partial charge in [0.25, 0.3) is 0 Å². The van der Waals surface area contributed by atoms with Gasteiger partial charge in [0.2, 0.25) is 5.89 Å².